The molecule has 133 heavy (non-hydrogen) atoms. The number of nitrogens with two attached hydrogens (primary N) is 4. The van der Waals surface area contributed by atoms with Gasteiger partial charge in [-0.3, -0.25) is 86.9 Å². The van der Waals surface area contributed by atoms with E-state index in [1.807, 2.05) is 13.8 Å². The molecule has 0 saturated carbocycles. The lowest BCUT2D eigenvalue weighted by Gasteiger charge is -2.36. The molecule has 3 fully saturated rings. The van der Waals surface area contributed by atoms with Crippen molar-refractivity contribution in [3.63, 3.8) is 0 Å². The molecule has 44 heteroatoms. The van der Waals surface area contributed by atoms with Crippen LogP contribution in [0, 0.1) is 11.3 Å². The molecular formula is C89H129N23O20S. The van der Waals surface area contributed by atoms with E-state index in [9.17, 15) is 58.2 Å². The third kappa shape index (κ3) is 29.5. The first-order chi connectivity index (χ1) is 63.3. The Morgan fingerprint density at radius 3 is 1.68 bits per heavy atom. The molecule has 3 aliphatic rings. The molecule has 17 amide bonds. The Morgan fingerprint density at radius 2 is 1.08 bits per heavy atom. The number of amides is 17. The van der Waals surface area contributed by atoms with Crippen molar-refractivity contribution in [2.75, 3.05) is 79.1 Å². The number of rotatable bonds is 26. The second-order valence-corrected chi connectivity index (χ2v) is 35.1. The summed E-state index contributed by atoms with van der Waals surface area (Å²) in [6.45, 7) is 5.45. The summed E-state index contributed by atoms with van der Waals surface area (Å²) < 4.78 is 5.34. The highest BCUT2D eigenvalue weighted by Crippen LogP contribution is 2.28. The van der Waals surface area contributed by atoms with Crippen LogP contribution in [-0.4, -0.2) is 321 Å². The fourth-order valence-corrected chi connectivity index (χ4v) is 17.2. The first-order valence-corrected chi connectivity index (χ1v) is 45.8. The number of H-pyrrole nitrogens is 2. The minimum Gasteiger partial charge on any atom is -0.497 e. The molecule has 0 radical (unpaired) electrons. The molecule has 15 atom stereocenters. The highest BCUT2D eigenvalue weighted by molar-refractivity contribution is 8.00. The molecule has 0 bridgehead atoms. The number of hydrogen-bond donors (Lipinski definition) is 20. The number of methoxy groups -OCH3 is 1. The minimum atomic E-state index is -1.89. The lowest BCUT2D eigenvalue weighted by molar-refractivity contribution is -0.149. The standard InChI is InChI=1S/C89H129N23O20S/c1-10-12-25-68-81(124)100-59(24-18-32-95-89(93)94)77(120)107-67(76(119)98-43-73(92)116)46-133-47-74(117)99-62(35-50-28-30-54(132-9)31-29-50)84(127)108(6)49(5)75(118)102-64(39-72(91)115)86(129)111-33-19-27-69(111)82(125)105-65(40-90)79(122)103-61(34-48(3)4)87(130)112-44-53(114)38-71(112)83(126)101-60(36-51-41-96-57-22-16-14-20-55(51)57)78(121)106-66(45-113)80(123)104-63(37-52-42-97-58-23-17-15-21-56(52)58)85(128)110(8)70(26-13-11-2)88(131)109(68)7/h14-17,20-23,28-31,41-42,48-49,53,59-71,96-97,113-114H,10-13,18-19,24-27,32-40,43-47,90H2,1-9H3,(H2,91,115)(H2,92,116)(H,98,119)(H,99,117)(H,100,124)(H,101,126)(H,102,118)(H,103,122)(H,104,123)(H,105,125)(H,106,121)(H,107,120)(H4,93,94,95)/t49-,53+,59-,60-,61-,62-,63-,64?,65-,66-,67-,68-,69-,70-,71?/m0/s1. The Morgan fingerprint density at radius 1 is 0.556 bits per heavy atom. The summed E-state index contributed by atoms with van der Waals surface area (Å²) in [6.07, 6.45) is 1.41. The SMILES string of the molecule is CCCC[C@H]1C(=O)N(C)[C@@H](CCCC)C(=O)N[C@@H](CCCNC(=N)N)C(=O)N[C@H](C(=O)NCC(N)=O)CSCC(=O)N[C@@H](Cc2ccc(OC)cc2)C(=O)N(C)[C@@H](C)C(=O)NC(CC(N)=O)C(=O)N2CCC[C@H]2C(=O)N[C@@H](CN)C(=O)N[C@@H](CC(C)C)C(=O)N2C[C@H](O)CC2C(=O)N[C@@H](Cc2c[nH]c3ccccc23)C(=O)N[C@@H](CO)C(=O)N[C@@H](Cc2c[nH]c3ccccc23)C(=O)N1C. The molecule has 5 aromatic rings. The first-order valence-electron chi connectivity index (χ1n) is 44.7. The minimum absolute atomic E-state index is 0.00781. The number of para-hydroxylation sites is 2. The van der Waals surface area contributed by atoms with Gasteiger partial charge in [0.05, 0.1) is 38.5 Å². The van der Waals surface area contributed by atoms with Crippen molar-refractivity contribution in [3.8, 4) is 5.75 Å². The normalized spacial score (nSPS) is 24.9. The van der Waals surface area contributed by atoms with E-state index in [0.29, 0.717) is 69.9 Å². The van der Waals surface area contributed by atoms with Crippen LogP contribution in [0.1, 0.15) is 135 Å². The van der Waals surface area contributed by atoms with E-state index >= 15 is 33.6 Å². The van der Waals surface area contributed by atoms with E-state index < -0.39 is 241 Å². The number of unbranched alkanes of at least 4 members (excludes halogenated alkanes) is 2. The fourth-order valence-electron chi connectivity index (χ4n) is 16.3. The van der Waals surface area contributed by atoms with Crippen molar-refractivity contribution in [1.82, 2.24) is 93.0 Å². The van der Waals surface area contributed by atoms with Gasteiger partial charge in [-0.05, 0) is 98.7 Å². The number of aromatic nitrogens is 2. The zero-order valence-electron chi connectivity index (χ0n) is 76.5. The molecule has 3 aliphatic heterocycles. The Balaban J connectivity index is 1.19. The number of fused-ring (bicyclic) bond motifs is 4. The van der Waals surface area contributed by atoms with E-state index in [2.05, 4.69) is 68.5 Å². The molecule has 8 rings (SSSR count). The second kappa shape index (κ2) is 50.6. The van der Waals surface area contributed by atoms with Crippen LogP contribution < -0.4 is 86.2 Å². The van der Waals surface area contributed by atoms with Gasteiger partial charge in [0, 0.05) is 113 Å². The van der Waals surface area contributed by atoms with Gasteiger partial charge in [0.15, 0.2) is 5.96 Å². The number of aliphatic hydroxyl groups excluding tert-OH is 2. The van der Waals surface area contributed by atoms with Crippen LogP contribution in [0.3, 0.4) is 0 Å². The Hall–Kier alpha value is -13.0. The maximum atomic E-state index is 15.7. The summed E-state index contributed by atoms with van der Waals surface area (Å²) in [5.41, 5.74) is 25.7. The molecule has 43 nitrogen and oxygen atoms in total. The highest BCUT2D eigenvalue weighted by Gasteiger charge is 2.47. The smallest absolute Gasteiger partial charge is 0.246 e. The van der Waals surface area contributed by atoms with Gasteiger partial charge in [-0.25, -0.2) is 0 Å². The number of nitrogens with one attached hydrogen (secondary N) is 14. The van der Waals surface area contributed by atoms with E-state index in [1.165, 1.54) is 35.2 Å². The van der Waals surface area contributed by atoms with Crippen LogP contribution in [-0.2, 0) is 101 Å². The highest BCUT2D eigenvalue weighted by atomic mass is 32.2. The lowest BCUT2D eigenvalue weighted by Crippen LogP contribution is -2.62. The lowest BCUT2D eigenvalue weighted by atomic mass is 10.00. The third-order valence-electron chi connectivity index (χ3n) is 23.8. The summed E-state index contributed by atoms with van der Waals surface area (Å²) >= 11 is 0.778. The molecule has 24 N–H and O–H groups in total. The van der Waals surface area contributed by atoms with Crippen molar-refractivity contribution in [3.05, 3.63) is 102 Å². The third-order valence-corrected chi connectivity index (χ3v) is 24.8. The number of carbonyl (C=O) groups is 17. The number of thioether (sulfide) groups is 1. The monoisotopic (exact) mass is 1870 g/mol. The molecule has 3 aromatic carbocycles. The van der Waals surface area contributed by atoms with Gasteiger partial charge in [0.25, 0.3) is 0 Å². The number of aliphatic hydroxyl groups is 2. The van der Waals surface area contributed by atoms with Crippen molar-refractivity contribution >= 4 is 140 Å². The van der Waals surface area contributed by atoms with E-state index in [4.69, 9.17) is 33.1 Å². The number of benzene rings is 3. The topological polar surface area (TPSA) is 648 Å². The van der Waals surface area contributed by atoms with Crippen molar-refractivity contribution in [2.45, 2.75) is 228 Å². The number of primary amides is 2. The molecule has 726 valence electrons. The van der Waals surface area contributed by atoms with Crippen LogP contribution in [0.15, 0.2) is 85.2 Å². The van der Waals surface area contributed by atoms with Gasteiger partial charge in [0.2, 0.25) is 100 Å². The number of carbonyl (C=O) groups excluding carboxylic acids is 17. The summed E-state index contributed by atoms with van der Waals surface area (Å²) in [6, 6.07) is -1.29. The zero-order valence-corrected chi connectivity index (χ0v) is 77.3. The number of nitrogens with zero attached hydrogens (tertiary/aromatic N) is 5. The predicted octanol–water partition coefficient (Wildman–Crippen LogP) is -3.63. The zero-order chi connectivity index (χ0) is 97.6. The summed E-state index contributed by atoms with van der Waals surface area (Å²) in [5, 5.41) is 60.5. The largest absolute Gasteiger partial charge is 0.497 e. The first kappa shape index (κ1) is 105. The van der Waals surface area contributed by atoms with E-state index in [-0.39, 0.29) is 89.6 Å². The Kier molecular flexibility index (Phi) is 40.1. The molecule has 2 aromatic heterocycles. The molecule has 5 heterocycles. The van der Waals surface area contributed by atoms with Crippen molar-refractivity contribution in [2.24, 2.45) is 28.9 Å². The van der Waals surface area contributed by atoms with Crippen LogP contribution in [0.5, 0.6) is 5.75 Å². The summed E-state index contributed by atoms with van der Waals surface area (Å²) in [4.78, 5) is 261. The number of ether oxygens (including phenoxy) is 1. The number of guanidine groups is 1. The number of aromatic amines is 2. The Bertz CT molecular complexity index is 4970. The maximum Gasteiger partial charge on any atom is 0.246 e. The van der Waals surface area contributed by atoms with Gasteiger partial charge in [-0.2, -0.15) is 0 Å². The van der Waals surface area contributed by atoms with E-state index in [0.717, 1.165) is 36.3 Å². The summed E-state index contributed by atoms with van der Waals surface area (Å²) in [7, 11) is 5.36. The summed E-state index contributed by atoms with van der Waals surface area (Å²) in [5.74, 6) is -17.4. The van der Waals surface area contributed by atoms with Crippen LogP contribution in [0.2, 0.25) is 0 Å². The van der Waals surface area contributed by atoms with Gasteiger partial charge in [-0.15, -0.1) is 11.8 Å². The van der Waals surface area contributed by atoms with Crippen LogP contribution in [0.25, 0.3) is 21.8 Å². The quantitative estimate of drug-likeness (QED) is 0.0144. The van der Waals surface area contributed by atoms with Crippen molar-refractivity contribution in [1.29, 1.82) is 5.41 Å². The fraction of sp³-hybridized carbons (Fsp3) is 0.551. The van der Waals surface area contributed by atoms with Gasteiger partial charge in [-0.1, -0.05) is 102 Å². The molecule has 0 aliphatic carbocycles. The van der Waals surface area contributed by atoms with Gasteiger partial charge >= 0.3 is 0 Å². The predicted molar refractivity (Wildman–Crippen MR) is 491 cm³/mol. The molecule has 3 saturated heterocycles. The molecule has 2 unspecified atom stereocenters. The Labute approximate surface area is 774 Å². The number of hydrogen-bond acceptors (Lipinski definition) is 23. The second-order valence-electron chi connectivity index (χ2n) is 34.1. The maximum absolute atomic E-state index is 15.7. The average Bonchev–Trinajstić information content (AvgIpc) is 1.78. The van der Waals surface area contributed by atoms with Crippen LogP contribution in [0.4, 0.5) is 0 Å². The molecule has 0 spiro atoms. The van der Waals surface area contributed by atoms with Gasteiger partial charge in [0.1, 0.15) is 90.3 Å². The average molecular weight is 1870 g/mol. The number of likely N-dealkylation sites (N-methyl/N-ethyl adjacent to an activating group) is 3. The van der Waals surface area contributed by atoms with Crippen LogP contribution >= 0.6 is 11.8 Å². The van der Waals surface area contributed by atoms with Crippen molar-refractivity contribution < 1.29 is 96.5 Å². The van der Waals surface area contributed by atoms with E-state index in [1.54, 1.807) is 99.0 Å². The molecular weight excluding hydrogens is 1740 g/mol. The van der Waals surface area contributed by atoms with Gasteiger partial charge < -0.3 is 131 Å².